The molecule has 6 nitrogen and oxygen atoms in total. The molecule has 0 radical (unpaired) electrons. The van der Waals surface area contributed by atoms with E-state index < -0.39 is 15.7 Å². The predicted octanol–water partition coefficient (Wildman–Crippen LogP) is 1.99. The molecule has 1 unspecified atom stereocenters. The summed E-state index contributed by atoms with van der Waals surface area (Å²) in [6.45, 7) is 1.73. The van der Waals surface area contributed by atoms with Crippen molar-refractivity contribution >= 4 is 9.84 Å². The Labute approximate surface area is 115 Å². The summed E-state index contributed by atoms with van der Waals surface area (Å²) in [5.74, 6) is -0.422. The van der Waals surface area contributed by atoms with E-state index in [9.17, 15) is 12.8 Å². The Morgan fingerprint density at radius 2 is 2.10 bits per heavy atom. The van der Waals surface area contributed by atoms with Crippen LogP contribution >= 0.6 is 0 Å². The molecule has 0 spiro atoms. The number of sulfone groups is 1. The maximum atomic E-state index is 13.8. The molecule has 0 aliphatic carbocycles. The van der Waals surface area contributed by atoms with E-state index >= 15 is 0 Å². The van der Waals surface area contributed by atoms with Crippen LogP contribution in [0.3, 0.4) is 0 Å². The first-order chi connectivity index (χ1) is 9.32. The quantitative estimate of drug-likeness (QED) is 0.858. The van der Waals surface area contributed by atoms with Gasteiger partial charge in [0.2, 0.25) is 5.82 Å². The van der Waals surface area contributed by atoms with Crippen LogP contribution in [0, 0.1) is 5.82 Å². The highest BCUT2D eigenvalue weighted by molar-refractivity contribution is 7.90. The first-order valence-electron chi connectivity index (χ1n) is 5.69. The summed E-state index contributed by atoms with van der Waals surface area (Å²) in [4.78, 5) is 3.70. The maximum absolute atomic E-state index is 13.8. The summed E-state index contributed by atoms with van der Waals surface area (Å²) in [5, 5.41) is 3.71. The van der Waals surface area contributed by atoms with E-state index in [1.807, 2.05) is 0 Å². The van der Waals surface area contributed by atoms with E-state index in [0.29, 0.717) is 5.56 Å². The first kappa shape index (κ1) is 14.6. The van der Waals surface area contributed by atoms with Gasteiger partial charge in [-0.2, -0.15) is 4.98 Å². The van der Waals surface area contributed by atoms with Crippen molar-refractivity contribution < 1.29 is 22.1 Å². The van der Waals surface area contributed by atoms with Crippen molar-refractivity contribution in [2.45, 2.75) is 17.9 Å². The highest BCUT2D eigenvalue weighted by Crippen LogP contribution is 2.23. The Morgan fingerprint density at radius 3 is 2.65 bits per heavy atom. The van der Waals surface area contributed by atoms with Crippen molar-refractivity contribution in [1.82, 2.24) is 10.1 Å². The van der Waals surface area contributed by atoms with E-state index in [-0.39, 0.29) is 22.7 Å². The number of methoxy groups -OCH3 is 1. The van der Waals surface area contributed by atoms with Crippen molar-refractivity contribution in [3.05, 3.63) is 29.9 Å². The van der Waals surface area contributed by atoms with Gasteiger partial charge in [-0.3, -0.25) is 0 Å². The molecule has 8 heteroatoms. The van der Waals surface area contributed by atoms with Crippen molar-refractivity contribution in [2.75, 3.05) is 13.4 Å². The Morgan fingerprint density at radius 1 is 1.40 bits per heavy atom. The molecule has 1 aromatic heterocycles. The van der Waals surface area contributed by atoms with Crippen molar-refractivity contribution in [2.24, 2.45) is 0 Å². The topological polar surface area (TPSA) is 82.3 Å². The number of rotatable bonds is 4. The molecule has 1 heterocycles. The molecule has 0 saturated carbocycles. The van der Waals surface area contributed by atoms with Crippen LogP contribution in [0.1, 0.15) is 18.9 Å². The molecule has 0 bridgehead atoms. The van der Waals surface area contributed by atoms with Crippen molar-refractivity contribution in [3.63, 3.8) is 0 Å². The Bertz CT molecular complexity index is 727. The average Bonchev–Trinajstić information content (AvgIpc) is 2.85. The molecular weight excluding hydrogens is 287 g/mol. The van der Waals surface area contributed by atoms with Gasteiger partial charge >= 0.3 is 0 Å². The van der Waals surface area contributed by atoms with Crippen LogP contribution in [0.25, 0.3) is 11.4 Å². The molecular formula is C12H13FN2O4S. The second kappa shape index (κ2) is 5.29. The molecule has 0 aliphatic heterocycles. The molecule has 0 aliphatic rings. The highest BCUT2D eigenvalue weighted by Gasteiger charge is 2.18. The molecule has 0 N–H and O–H groups in total. The van der Waals surface area contributed by atoms with E-state index in [2.05, 4.69) is 10.1 Å². The number of hydrogen-bond donors (Lipinski definition) is 0. The second-order valence-electron chi connectivity index (χ2n) is 4.25. The third-order valence-electron chi connectivity index (χ3n) is 2.73. The van der Waals surface area contributed by atoms with Crippen LogP contribution in [0.15, 0.2) is 27.6 Å². The zero-order valence-corrected chi connectivity index (χ0v) is 11.9. The van der Waals surface area contributed by atoms with Gasteiger partial charge in [-0.25, -0.2) is 12.8 Å². The van der Waals surface area contributed by atoms with E-state index in [0.717, 1.165) is 12.3 Å². The fraction of sp³-hybridized carbons (Fsp3) is 0.333. The Kier molecular flexibility index (Phi) is 3.87. The van der Waals surface area contributed by atoms with Crippen molar-refractivity contribution in [3.8, 4) is 11.4 Å². The van der Waals surface area contributed by atoms with Gasteiger partial charge < -0.3 is 9.26 Å². The standard InChI is InChI=1S/C12H13FN2O4S/c1-7(18-2)12-14-11(15-19-12)8-4-5-10(9(13)6-8)20(3,16)17/h4-7H,1-3H3. The zero-order valence-electron chi connectivity index (χ0n) is 11.1. The predicted molar refractivity (Wildman–Crippen MR) is 68.2 cm³/mol. The zero-order chi connectivity index (χ0) is 14.9. The summed E-state index contributed by atoms with van der Waals surface area (Å²) in [6.07, 6.45) is 0.564. The highest BCUT2D eigenvalue weighted by atomic mass is 32.2. The summed E-state index contributed by atoms with van der Waals surface area (Å²) in [7, 11) is -2.11. The smallest absolute Gasteiger partial charge is 0.255 e. The summed E-state index contributed by atoms with van der Waals surface area (Å²) >= 11 is 0. The number of nitrogens with zero attached hydrogens (tertiary/aromatic N) is 2. The molecule has 0 fully saturated rings. The van der Waals surface area contributed by atoms with Gasteiger partial charge in [0, 0.05) is 18.9 Å². The van der Waals surface area contributed by atoms with Gasteiger partial charge in [0.25, 0.3) is 5.89 Å². The lowest BCUT2D eigenvalue weighted by Gasteiger charge is -2.02. The number of benzene rings is 1. The molecule has 2 rings (SSSR count). The number of halogens is 1. The molecule has 0 amide bonds. The van der Waals surface area contributed by atoms with Gasteiger partial charge in [0.15, 0.2) is 9.84 Å². The van der Waals surface area contributed by atoms with Crippen LogP contribution in [0.4, 0.5) is 4.39 Å². The third kappa shape index (κ3) is 2.86. The molecule has 108 valence electrons. The molecule has 1 atom stereocenters. The molecule has 2 aromatic rings. The molecule has 0 saturated heterocycles. The number of ether oxygens (including phenoxy) is 1. The minimum Gasteiger partial charge on any atom is -0.372 e. The summed E-state index contributed by atoms with van der Waals surface area (Å²) < 4.78 is 46.4. The van der Waals surface area contributed by atoms with Crippen LogP contribution in [0.5, 0.6) is 0 Å². The lowest BCUT2D eigenvalue weighted by molar-refractivity contribution is 0.0886. The third-order valence-corrected chi connectivity index (χ3v) is 3.86. The Balaban J connectivity index is 2.40. The van der Waals surface area contributed by atoms with Crippen LogP contribution in [-0.4, -0.2) is 31.9 Å². The number of aromatic nitrogens is 2. The van der Waals surface area contributed by atoms with Crippen LogP contribution in [-0.2, 0) is 14.6 Å². The minimum absolute atomic E-state index is 0.169. The van der Waals surface area contributed by atoms with Gasteiger partial charge in [0.1, 0.15) is 16.8 Å². The minimum atomic E-state index is -3.60. The molecule has 20 heavy (non-hydrogen) atoms. The summed E-state index contributed by atoms with van der Waals surface area (Å²) in [5.41, 5.74) is 0.327. The lowest BCUT2D eigenvalue weighted by atomic mass is 10.2. The average molecular weight is 300 g/mol. The van der Waals surface area contributed by atoms with Crippen molar-refractivity contribution in [1.29, 1.82) is 0 Å². The Hall–Kier alpha value is -1.80. The number of hydrogen-bond acceptors (Lipinski definition) is 6. The van der Waals surface area contributed by atoms with Gasteiger partial charge in [0.05, 0.1) is 0 Å². The van der Waals surface area contributed by atoms with E-state index in [1.165, 1.54) is 19.2 Å². The van der Waals surface area contributed by atoms with Crippen LogP contribution < -0.4 is 0 Å². The monoisotopic (exact) mass is 300 g/mol. The fourth-order valence-electron chi connectivity index (χ4n) is 1.56. The van der Waals surface area contributed by atoms with Crippen LogP contribution in [0.2, 0.25) is 0 Å². The van der Waals surface area contributed by atoms with E-state index in [1.54, 1.807) is 6.92 Å². The SMILES string of the molecule is COC(C)c1nc(-c2ccc(S(C)(=O)=O)c(F)c2)no1. The normalized spacial score (nSPS) is 13.4. The van der Waals surface area contributed by atoms with Gasteiger partial charge in [-0.1, -0.05) is 5.16 Å². The van der Waals surface area contributed by atoms with E-state index in [4.69, 9.17) is 9.26 Å². The second-order valence-corrected chi connectivity index (χ2v) is 6.24. The first-order valence-corrected chi connectivity index (χ1v) is 7.58. The van der Waals surface area contributed by atoms with Gasteiger partial charge in [-0.05, 0) is 25.1 Å². The maximum Gasteiger partial charge on any atom is 0.255 e. The fourth-order valence-corrected chi connectivity index (χ4v) is 2.29. The molecule has 1 aromatic carbocycles. The van der Waals surface area contributed by atoms with Gasteiger partial charge in [-0.15, -0.1) is 0 Å². The largest absolute Gasteiger partial charge is 0.372 e. The lowest BCUT2D eigenvalue weighted by Crippen LogP contribution is -2.01. The summed E-state index contributed by atoms with van der Waals surface area (Å²) in [6, 6.07) is 3.66.